The van der Waals surface area contributed by atoms with Crippen LogP contribution in [0, 0.1) is 0 Å². The lowest BCUT2D eigenvalue weighted by molar-refractivity contribution is 0.0687. The Balaban J connectivity index is 2.86. The van der Waals surface area contributed by atoms with Gasteiger partial charge in [-0.05, 0) is 12.5 Å². The monoisotopic (exact) mass is 207 g/mol. The Labute approximate surface area is 84.2 Å². The average Bonchev–Trinajstić information content (AvgIpc) is 2.62. The maximum Gasteiger partial charge on any atom is 0.356 e. The first-order valence-corrected chi connectivity index (χ1v) is 4.47. The van der Waals surface area contributed by atoms with Gasteiger partial charge in [-0.1, -0.05) is 6.92 Å². The van der Waals surface area contributed by atoms with E-state index < -0.39 is 5.97 Å². The van der Waals surface area contributed by atoms with Crippen LogP contribution in [-0.4, -0.2) is 25.7 Å². The summed E-state index contributed by atoms with van der Waals surface area (Å²) >= 11 is 0. The second kappa shape index (κ2) is 3.23. The Bertz CT molecular complexity index is 582. The number of hydrogen-bond donors (Lipinski definition) is 2. The van der Waals surface area contributed by atoms with Gasteiger partial charge in [-0.25, -0.2) is 9.31 Å². The minimum Gasteiger partial charge on any atom is -0.476 e. The van der Waals surface area contributed by atoms with Crippen LogP contribution in [0.25, 0.3) is 5.52 Å². The van der Waals surface area contributed by atoms with Crippen molar-refractivity contribution in [1.82, 2.24) is 14.6 Å². The van der Waals surface area contributed by atoms with Gasteiger partial charge in [-0.2, -0.15) is 5.10 Å². The van der Waals surface area contributed by atoms with Gasteiger partial charge < -0.3 is 10.1 Å². The number of hydrogen-bond acceptors (Lipinski definition) is 3. The molecular weight excluding hydrogens is 198 g/mol. The van der Waals surface area contributed by atoms with Crippen LogP contribution in [0.15, 0.2) is 17.1 Å². The smallest absolute Gasteiger partial charge is 0.356 e. The molecule has 0 unspecified atom stereocenters. The molecule has 0 bridgehead atoms. The minimum atomic E-state index is -1.12. The van der Waals surface area contributed by atoms with Gasteiger partial charge in [-0.3, -0.25) is 4.79 Å². The van der Waals surface area contributed by atoms with Crippen molar-refractivity contribution in [1.29, 1.82) is 0 Å². The molecule has 0 aliphatic rings. The van der Waals surface area contributed by atoms with Crippen molar-refractivity contribution in [2.75, 3.05) is 0 Å². The first-order chi connectivity index (χ1) is 7.13. The van der Waals surface area contributed by atoms with E-state index in [2.05, 4.69) is 10.1 Å². The fourth-order valence-electron chi connectivity index (χ4n) is 1.37. The fraction of sp³-hybridized carbons (Fsp3) is 0.222. The highest BCUT2D eigenvalue weighted by Gasteiger charge is 2.12. The normalized spacial score (nSPS) is 10.7. The van der Waals surface area contributed by atoms with Gasteiger partial charge in [-0.15, -0.1) is 0 Å². The number of aromatic amines is 1. The summed E-state index contributed by atoms with van der Waals surface area (Å²) in [5, 5.41) is 12.9. The van der Waals surface area contributed by atoms with Gasteiger partial charge >= 0.3 is 5.97 Å². The number of fused-ring (bicyclic) bond motifs is 1. The van der Waals surface area contributed by atoms with Crippen molar-refractivity contribution in [2.24, 2.45) is 0 Å². The molecule has 0 atom stereocenters. The molecule has 0 amide bonds. The molecule has 0 saturated carbocycles. The summed E-state index contributed by atoms with van der Waals surface area (Å²) in [4.78, 5) is 24.6. The highest BCUT2D eigenvalue weighted by Crippen LogP contribution is 2.05. The third-order valence-corrected chi connectivity index (χ3v) is 2.14. The molecular formula is C9H9N3O3. The van der Waals surface area contributed by atoms with Crippen LogP contribution in [0.4, 0.5) is 0 Å². The summed E-state index contributed by atoms with van der Waals surface area (Å²) in [6.45, 7) is 1.89. The van der Waals surface area contributed by atoms with Gasteiger partial charge in [0.05, 0.1) is 5.69 Å². The van der Waals surface area contributed by atoms with Gasteiger partial charge in [0.1, 0.15) is 5.52 Å². The maximum atomic E-state index is 11.4. The summed E-state index contributed by atoms with van der Waals surface area (Å²) in [6, 6.07) is 1.59. The highest BCUT2D eigenvalue weighted by molar-refractivity contribution is 5.86. The Morgan fingerprint density at radius 2 is 2.40 bits per heavy atom. The number of aromatic carboxylic acids is 1. The number of aromatic nitrogens is 3. The number of nitrogens with one attached hydrogen (secondary N) is 1. The molecule has 0 spiro atoms. The highest BCUT2D eigenvalue weighted by atomic mass is 16.4. The molecule has 6 nitrogen and oxygen atoms in total. The number of aryl methyl sites for hydroxylation is 1. The van der Waals surface area contributed by atoms with Crippen LogP contribution in [0.2, 0.25) is 0 Å². The quantitative estimate of drug-likeness (QED) is 0.740. The Kier molecular flexibility index (Phi) is 2.03. The van der Waals surface area contributed by atoms with E-state index in [0.29, 0.717) is 12.1 Å². The molecule has 0 saturated heterocycles. The van der Waals surface area contributed by atoms with Crippen LogP contribution in [0.5, 0.6) is 0 Å². The zero-order valence-electron chi connectivity index (χ0n) is 8.02. The van der Waals surface area contributed by atoms with Crippen molar-refractivity contribution in [3.63, 3.8) is 0 Å². The zero-order chi connectivity index (χ0) is 11.0. The lowest BCUT2D eigenvalue weighted by atomic mass is 10.3. The first kappa shape index (κ1) is 9.45. The van der Waals surface area contributed by atoms with Crippen molar-refractivity contribution in [3.8, 4) is 0 Å². The van der Waals surface area contributed by atoms with E-state index in [1.807, 2.05) is 6.92 Å². The zero-order valence-corrected chi connectivity index (χ0v) is 8.02. The number of nitrogens with zero attached hydrogens (tertiary/aromatic N) is 2. The molecule has 2 N–H and O–H groups in total. The van der Waals surface area contributed by atoms with Crippen molar-refractivity contribution in [3.05, 3.63) is 34.0 Å². The molecule has 78 valence electrons. The van der Waals surface area contributed by atoms with Crippen LogP contribution in [0.1, 0.15) is 23.1 Å². The summed E-state index contributed by atoms with van der Waals surface area (Å²) in [7, 11) is 0. The van der Waals surface area contributed by atoms with E-state index in [1.165, 1.54) is 0 Å². The lowest BCUT2D eigenvalue weighted by Crippen LogP contribution is -2.15. The standard InChI is InChI=1S/C9H9N3O3/c1-2-5-3-6-8(13)10-4-7(9(14)15)12(6)11-5/h3-4H,2H2,1H3,(H,10,13)(H,14,15). The van der Waals surface area contributed by atoms with Crippen LogP contribution >= 0.6 is 0 Å². The average molecular weight is 207 g/mol. The maximum absolute atomic E-state index is 11.4. The predicted octanol–water partition coefficient (Wildman–Crippen LogP) is 0.283. The van der Waals surface area contributed by atoms with E-state index in [0.717, 1.165) is 10.7 Å². The second-order valence-corrected chi connectivity index (χ2v) is 3.09. The molecule has 2 aromatic rings. The molecule has 2 heterocycles. The molecule has 2 rings (SSSR count). The number of carboxylic acids is 1. The third kappa shape index (κ3) is 1.39. The number of H-pyrrole nitrogens is 1. The third-order valence-electron chi connectivity index (χ3n) is 2.14. The van der Waals surface area contributed by atoms with Crippen LogP contribution < -0.4 is 5.56 Å². The summed E-state index contributed by atoms with van der Waals surface area (Å²) in [6.07, 6.45) is 1.80. The van der Waals surface area contributed by atoms with Gasteiger partial charge in [0.15, 0.2) is 5.69 Å². The van der Waals surface area contributed by atoms with E-state index in [1.54, 1.807) is 6.07 Å². The molecule has 15 heavy (non-hydrogen) atoms. The number of carbonyl (C=O) groups is 1. The summed E-state index contributed by atoms with van der Waals surface area (Å²) in [5.41, 5.74) is 0.553. The van der Waals surface area contributed by atoms with Crippen molar-refractivity contribution < 1.29 is 9.90 Å². The van der Waals surface area contributed by atoms with E-state index >= 15 is 0 Å². The lowest BCUT2D eigenvalue weighted by Gasteiger charge is -1.97. The SMILES string of the molecule is CCc1cc2c(=O)[nH]cc(C(=O)O)n2n1. The molecule has 0 radical (unpaired) electrons. The molecule has 0 aliphatic carbocycles. The Morgan fingerprint density at radius 3 is 3.00 bits per heavy atom. The summed E-state index contributed by atoms with van der Waals surface area (Å²) < 4.78 is 1.15. The van der Waals surface area contributed by atoms with Crippen molar-refractivity contribution >= 4 is 11.5 Å². The Hall–Kier alpha value is -2.11. The predicted molar refractivity (Wildman–Crippen MR) is 52.1 cm³/mol. The molecule has 2 aromatic heterocycles. The minimum absolute atomic E-state index is 0.0516. The van der Waals surface area contributed by atoms with E-state index in [9.17, 15) is 9.59 Å². The molecule has 0 aromatic carbocycles. The number of carboxylic acid groups (broad SMARTS) is 1. The molecule has 0 aliphatic heterocycles. The van der Waals surface area contributed by atoms with E-state index in [4.69, 9.17) is 5.11 Å². The largest absolute Gasteiger partial charge is 0.476 e. The summed E-state index contributed by atoms with van der Waals surface area (Å²) in [5.74, 6) is -1.12. The molecule has 0 fully saturated rings. The van der Waals surface area contributed by atoms with Gasteiger partial charge in [0.25, 0.3) is 5.56 Å². The Morgan fingerprint density at radius 1 is 1.67 bits per heavy atom. The van der Waals surface area contributed by atoms with Crippen LogP contribution in [-0.2, 0) is 6.42 Å². The van der Waals surface area contributed by atoms with Crippen LogP contribution in [0.3, 0.4) is 0 Å². The topological polar surface area (TPSA) is 87.5 Å². The van der Waals surface area contributed by atoms with E-state index in [-0.39, 0.29) is 16.8 Å². The number of rotatable bonds is 2. The molecule has 6 heteroatoms. The van der Waals surface area contributed by atoms with Crippen molar-refractivity contribution in [2.45, 2.75) is 13.3 Å². The van der Waals surface area contributed by atoms with Gasteiger partial charge in [0.2, 0.25) is 0 Å². The first-order valence-electron chi connectivity index (χ1n) is 4.47. The second-order valence-electron chi connectivity index (χ2n) is 3.09. The van der Waals surface area contributed by atoms with Gasteiger partial charge in [0, 0.05) is 6.20 Å². The fourth-order valence-corrected chi connectivity index (χ4v) is 1.37.